The van der Waals surface area contributed by atoms with E-state index in [2.05, 4.69) is 5.32 Å². The van der Waals surface area contributed by atoms with E-state index in [1.54, 1.807) is 11.9 Å². The van der Waals surface area contributed by atoms with Crippen molar-refractivity contribution in [3.05, 3.63) is 0 Å². The van der Waals surface area contributed by atoms with Crippen LogP contribution >= 0.6 is 0 Å². The van der Waals surface area contributed by atoms with Crippen LogP contribution in [0, 0.1) is 5.92 Å². The summed E-state index contributed by atoms with van der Waals surface area (Å²) in [6.07, 6.45) is 2.33. The van der Waals surface area contributed by atoms with Crippen LogP contribution in [-0.4, -0.2) is 56.9 Å². The number of hydrogen-bond acceptors (Lipinski definition) is 4. The fourth-order valence-electron chi connectivity index (χ4n) is 1.99. The zero-order valence-electron chi connectivity index (χ0n) is 9.48. The first kappa shape index (κ1) is 11.9. The van der Waals surface area contributed by atoms with Crippen LogP contribution < -0.4 is 5.32 Å². The van der Waals surface area contributed by atoms with Crippen molar-refractivity contribution in [3.63, 3.8) is 0 Å². The van der Waals surface area contributed by atoms with Crippen molar-refractivity contribution in [3.8, 4) is 0 Å². The minimum Gasteiger partial charge on any atom is -0.340 e. The van der Waals surface area contributed by atoms with E-state index in [-0.39, 0.29) is 17.4 Å². The molecule has 0 radical (unpaired) electrons. The number of nitrogens with one attached hydrogen (secondary N) is 1. The molecule has 1 N–H and O–H groups in total. The van der Waals surface area contributed by atoms with Gasteiger partial charge in [-0.15, -0.1) is 0 Å². The molecule has 1 aliphatic carbocycles. The van der Waals surface area contributed by atoms with Gasteiger partial charge in [-0.2, -0.15) is 0 Å². The molecular weight excluding hydrogens is 228 g/mol. The molecule has 92 valence electrons. The van der Waals surface area contributed by atoms with Gasteiger partial charge in [0.25, 0.3) is 0 Å². The third-order valence-electron chi connectivity index (χ3n) is 3.23. The van der Waals surface area contributed by atoms with Crippen LogP contribution in [0.15, 0.2) is 0 Å². The lowest BCUT2D eigenvalue weighted by atomic mass is 10.2. The van der Waals surface area contributed by atoms with Gasteiger partial charge in [-0.25, -0.2) is 8.42 Å². The van der Waals surface area contributed by atoms with Gasteiger partial charge in [0.05, 0.1) is 11.5 Å². The molecule has 2 rings (SSSR count). The van der Waals surface area contributed by atoms with Crippen molar-refractivity contribution < 1.29 is 13.2 Å². The highest BCUT2D eigenvalue weighted by molar-refractivity contribution is 7.91. The summed E-state index contributed by atoms with van der Waals surface area (Å²) in [5, 5.41) is 2.80. The SMILES string of the molecule is CNC1CS(=O)(=O)CCN(CC2CC2)C1=O. The maximum atomic E-state index is 12.0. The van der Waals surface area contributed by atoms with Crippen LogP contribution in [-0.2, 0) is 14.6 Å². The number of carbonyl (C=O) groups excluding carboxylic acids is 1. The lowest BCUT2D eigenvalue weighted by molar-refractivity contribution is -0.132. The van der Waals surface area contributed by atoms with Crippen LogP contribution in [0.3, 0.4) is 0 Å². The molecule has 16 heavy (non-hydrogen) atoms. The van der Waals surface area contributed by atoms with Gasteiger partial charge in [0, 0.05) is 13.1 Å². The second kappa shape index (κ2) is 4.33. The number of likely N-dealkylation sites (N-methyl/N-ethyl adjacent to an activating group) is 1. The maximum Gasteiger partial charge on any atom is 0.240 e. The number of rotatable bonds is 3. The normalized spacial score (nSPS) is 30.2. The highest BCUT2D eigenvalue weighted by atomic mass is 32.2. The largest absolute Gasteiger partial charge is 0.340 e. The third-order valence-corrected chi connectivity index (χ3v) is 4.87. The first-order valence-electron chi connectivity index (χ1n) is 5.68. The van der Waals surface area contributed by atoms with Crippen molar-refractivity contribution in [2.45, 2.75) is 18.9 Å². The maximum absolute atomic E-state index is 12.0. The minimum absolute atomic E-state index is 0.0597. The predicted molar refractivity (Wildman–Crippen MR) is 60.8 cm³/mol. The molecular formula is C10H18N2O3S. The molecule has 1 saturated heterocycles. The summed E-state index contributed by atoms with van der Waals surface area (Å²) >= 11 is 0. The molecule has 1 amide bonds. The Morgan fingerprint density at radius 2 is 2.12 bits per heavy atom. The summed E-state index contributed by atoms with van der Waals surface area (Å²) in [5.74, 6) is 0.574. The summed E-state index contributed by atoms with van der Waals surface area (Å²) in [6, 6.07) is -0.564. The highest BCUT2D eigenvalue weighted by Crippen LogP contribution is 2.30. The summed E-state index contributed by atoms with van der Waals surface area (Å²) < 4.78 is 23.2. The lowest BCUT2D eigenvalue weighted by Crippen LogP contribution is -2.46. The predicted octanol–water partition coefficient (Wildman–Crippen LogP) is -0.759. The fraction of sp³-hybridized carbons (Fsp3) is 0.900. The Morgan fingerprint density at radius 3 is 2.69 bits per heavy atom. The fourth-order valence-corrected chi connectivity index (χ4v) is 3.47. The van der Waals surface area contributed by atoms with E-state index in [0.717, 1.165) is 6.54 Å². The first-order valence-corrected chi connectivity index (χ1v) is 7.50. The Labute approximate surface area is 96.1 Å². The molecule has 0 spiro atoms. The van der Waals surface area contributed by atoms with E-state index < -0.39 is 15.9 Å². The van der Waals surface area contributed by atoms with Crippen LogP contribution in [0.1, 0.15) is 12.8 Å². The average Bonchev–Trinajstić information content (AvgIpc) is 3.03. The second-order valence-electron chi connectivity index (χ2n) is 4.68. The van der Waals surface area contributed by atoms with E-state index in [9.17, 15) is 13.2 Å². The zero-order valence-corrected chi connectivity index (χ0v) is 10.3. The van der Waals surface area contributed by atoms with E-state index in [0.29, 0.717) is 12.5 Å². The Hall–Kier alpha value is -0.620. The van der Waals surface area contributed by atoms with E-state index >= 15 is 0 Å². The molecule has 1 saturated carbocycles. The Balaban J connectivity index is 2.10. The van der Waals surface area contributed by atoms with E-state index in [4.69, 9.17) is 0 Å². The van der Waals surface area contributed by atoms with Gasteiger partial charge in [-0.1, -0.05) is 0 Å². The molecule has 1 atom stereocenters. The number of hydrogen-bond donors (Lipinski definition) is 1. The van der Waals surface area contributed by atoms with Gasteiger partial charge in [0.2, 0.25) is 5.91 Å². The van der Waals surface area contributed by atoms with E-state index in [1.165, 1.54) is 12.8 Å². The summed E-state index contributed by atoms with van der Waals surface area (Å²) in [4.78, 5) is 13.7. The van der Waals surface area contributed by atoms with Crippen molar-refractivity contribution >= 4 is 15.7 Å². The third kappa shape index (κ3) is 2.74. The van der Waals surface area contributed by atoms with Gasteiger partial charge in [-0.05, 0) is 25.8 Å². The molecule has 1 heterocycles. The molecule has 2 aliphatic rings. The summed E-state index contributed by atoms with van der Waals surface area (Å²) in [6.45, 7) is 1.09. The Morgan fingerprint density at radius 1 is 1.44 bits per heavy atom. The molecule has 6 heteroatoms. The quantitative estimate of drug-likeness (QED) is 0.711. The zero-order chi connectivity index (χ0) is 11.8. The number of nitrogens with zero attached hydrogens (tertiary/aromatic N) is 1. The smallest absolute Gasteiger partial charge is 0.240 e. The Bertz CT molecular complexity index is 376. The molecule has 1 unspecified atom stereocenters. The van der Waals surface area contributed by atoms with Crippen LogP contribution in [0.25, 0.3) is 0 Å². The summed E-state index contributed by atoms with van der Waals surface area (Å²) in [7, 11) is -1.45. The number of sulfone groups is 1. The van der Waals surface area contributed by atoms with E-state index in [1.807, 2.05) is 0 Å². The van der Waals surface area contributed by atoms with Gasteiger partial charge < -0.3 is 10.2 Å². The molecule has 0 aromatic heterocycles. The van der Waals surface area contributed by atoms with Gasteiger partial charge in [0.15, 0.2) is 9.84 Å². The molecule has 0 aromatic rings. The molecule has 5 nitrogen and oxygen atoms in total. The van der Waals surface area contributed by atoms with Crippen molar-refractivity contribution in [1.29, 1.82) is 0 Å². The van der Waals surface area contributed by atoms with Crippen molar-refractivity contribution in [2.24, 2.45) is 5.92 Å². The monoisotopic (exact) mass is 246 g/mol. The lowest BCUT2D eigenvalue weighted by Gasteiger charge is -2.23. The van der Waals surface area contributed by atoms with Crippen molar-refractivity contribution in [1.82, 2.24) is 10.2 Å². The standard InChI is InChI=1S/C10H18N2O3S/c1-11-9-7-16(14,15)5-4-12(10(9)13)6-8-2-3-8/h8-9,11H,2-7H2,1H3. The number of amides is 1. The minimum atomic E-state index is -3.09. The molecule has 0 aromatic carbocycles. The van der Waals surface area contributed by atoms with Crippen LogP contribution in [0.4, 0.5) is 0 Å². The topological polar surface area (TPSA) is 66.5 Å². The molecule has 0 bridgehead atoms. The molecule has 2 fully saturated rings. The molecule has 1 aliphatic heterocycles. The average molecular weight is 246 g/mol. The summed E-state index contributed by atoms with van der Waals surface area (Å²) in [5.41, 5.74) is 0. The Kier molecular flexibility index (Phi) is 3.21. The van der Waals surface area contributed by atoms with Crippen LogP contribution in [0.2, 0.25) is 0 Å². The first-order chi connectivity index (χ1) is 7.52. The number of carbonyl (C=O) groups is 1. The van der Waals surface area contributed by atoms with Gasteiger partial charge in [-0.3, -0.25) is 4.79 Å². The van der Waals surface area contributed by atoms with Crippen LogP contribution in [0.5, 0.6) is 0 Å². The van der Waals surface area contributed by atoms with Gasteiger partial charge >= 0.3 is 0 Å². The second-order valence-corrected chi connectivity index (χ2v) is 6.91. The highest BCUT2D eigenvalue weighted by Gasteiger charge is 2.35. The van der Waals surface area contributed by atoms with Crippen molar-refractivity contribution in [2.75, 3.05) is 31.6 Å². The van der Waals surface area contributed by atoms with Gasteiger partial charge in [0.1, 0.15) is 6.04 Å².